The molecule has 0 saturated carbocycles. The van der Waals surface area contributed by atoms with Crippen molar-refractivity contribution < 1.29 is 9.72 Å². The van der Waals surface area contributed by atoms with Crippen molar-refractivity contribution in [2.75, 3.05) is 0 Å². The first-order chi connectivity index (χ1) is 14.5. The fourth-order valence-electron chi connectivity index (χ4n) is 3.07. The van der Waals surface area contributed by atoms with Gasteiger partial charge in [0.2, 0.25) is 0 Å². The van der Waals surface area contributed by atoms with Gasteiger partial charge in [0.25, 0.3) is 11.6 Å². The molecule has 0 radical (unpaired) electrons. The van der Waals surface area contributed by atoms with Gasteiger partial charge in [0.1, 0.15) is 5.84 Å². The smallest absolute Gasteiger partial charge is 0.271 e. The average molecular weight is 510 g/mol. The van der Waals surface area contributed by atoms with Gasteiger partial charge in [0.15, 0.2) is 5.84 Å². The third-order valence-electron chi connectivity index (χ3n) is 4.52. The molecule has 2 aliphatic rings. The van der Waals surface area contributed by atoms with E-state index in [9.17, 15) is 14.9 Å². The van der Waals surface area contributed by atoms with Crippen molar-refractivity contribution in [2.45, 2.75) is 6.54 Å². The summed E-state index contributed by atoms with van der Waals surface area (Å²) in [4.78, 5) is 33.6. The number of fused-ring (bicyclic) bond motifs is 2. The number of rotatable bonds is 3. The molecule has 0 unspecified atom stereocenters. The number of carbonyl (C=O) groups is 1. The van der Waals surface area contributed by atoms with E-state index >= 15 is 0 Å². The molecule has 2 aromatic rings. The second-order valence-electron chi connectivity index (χ2n) is 6.56. The molecule has 0 saturated heterocycles. The molecular formula is C22H15IN4O3. The summed E-state index contributed by atoms with van der Waals surface area (Å²) in [6.07, 6.45) is 8.78. The maximum Gasteiger partial charge on any atom is 0.271 e. The Kier molecular flexibility index (Phi) is 5.66. The van der Waals surface area contributed by atoms with Crippen molar-refractivity contribution in [3.8, 4) is 0 Å². The maximum absolute atomic E-state index is 12.5. The van der Waals surface area contributed by atoms with Crippen LogP contribution >= 0.6 is 22.6 Å². The number of nitro benzene ring substituents is 1. The summed E-state index contributed by atoms with van der Waals surface area (Å²) >= 11 is 2.25. The number of nitrogens with zero attached hydrogens (tertiary/aromatic N) is 4. The first kappa shape index (κ1) is 19.9. The lowest BCUT2D eigenvalue weighted by Gasteiger charge is -2.21. The second kappa shape index (κ2) is 8.54. The zero-order chi connectivity index (χ0) is 21.1. The fourth-order valence-corrected chi connectivity index (χ4v) is 3.58. The number of non-ortho nitro benzene ring substituents is 1. The van der Waals surface area contributed by atoms with Gasteiger partial charge >= 0.3 is 0 Å². The molecule has 0 aliphatic carbocycles. The Morgan fingerprint density at radius 2 is 1.93 bits per heavy atom. The molecule has 2 aromatic carbocycles. The molecule has 2 heterocycles. The third kappa shape index (κ3) is 4.43. The Bertz CT molecular complexity index is 1180. The minimum Gasteiger partial charge on any atom is -0.327 e. The standard InChI is InChI=1S/C22H15IN4O3/c23-17-8-11-20-24-22(19-4-2-1-3-16(19)13-26(20)14-17)25-21(28)12-7-15-5-9-18(10-6-15)27(29)30/h1-12,14H,13H2. The number of halogens is 1. The number of amides is 1. The maximum atomic E-state index is 12.5. The van der Waals surface area contributed by atoms with E-state index < -0.39 is 10.8 Å². The lowest BCUT2D eigenvalue weighted by atomic mass is 10.1. The highest BCUT2D eigenvalue weighted by molar-refractivity contribution is 14.1. The largest absolute Gasteiger partial charge is 0.327 e. The summed E-state index contributed by atoms with van der Waals surface area (Å²) in [5.74, 6) is 0.620. The predicted octanol–water partition coefficient (Wildman–Crippen LogP) is 4.64. The van der Waals surface area contributed by atoms with Gasteiger partial charge in [-0.2, -0.15) is 4.99 Å². The van der Waals surface area contributed by atoms with E-state index in [-0.39, 0.29) is 5.69 Å². The van der Waals surface area contributed by atoms with Crippen LogP contribution in [0.5, 0.6) is 0 Å². The van der Waals surface area contributed by atoms with Crippen LogP contribution in [0, 0.1) is 10.1 Å². The molecule has 0 aromatic heterocycles. The molecule has 0 fully saturated rings. The minimum absolute atomic E-state index is 0.00147. The van der Waals surface area contributed by atoms with Crippen LogP contribution in [0.2, 0.25) is 0 Å². The zero-order valence-corrected chi connectivity index (χ0v) is 17.8. The Morgan fingerprint density at radius 1 is 1.17 bits per heavy atom. The minimum atomic E-state index is -0.466. The van der Waals surface area contributed by atoms with E-state index in [0.29, 0.717) is 17.9 Å². The molecule has 7 nitrogen and oxygen atoms in total. The number of carbonyl (C=O) groups excluding carboxylic acids is 1. The zero-order valence-electron chi connectivity index (χ0n) is 15.6. The molecule has 1 amide bonds. The highest BCUT2D eigenvalue weighted by atomic mass is 127. The van der Waals surface area contributed by atoms with Gasteiger partial charge in [0.05, 0.1) is 4.92 Å². The van der Waals surface area contributed by atoms with Crippen molar-refractivity contribution >= 4 is 51.9 Å². The molecular weight excluding hydrogens is 495 g/mol. The molecule has 148 valence electrons. The van der Waals surface area contributed by atoms with Crippen LogP contribution < -0.4 is 0 Å². The topological polar surface area (TPSA) is 88.2 Å². The van der Waals surface area contributed by atoms with Gasteiger partial charge in [-0.3, -0.25) is 14.9 Å². The lowest BCUT2D eigenvalue weighted by molar-refractivity contribution is -0.384. The Labute approximate surface area is 186 Å². The third-order valence-corrected chi connectivity index (χ3v) is 5.16. The number of amidine groups is 2. The van der Waals surface area contributed by atoms with Crippen molar-refractivity contribution in [2.24, 2.45) is 9.98 Å². The van der Waals surface area contributed by atoms with Gasteiger partial charge in [-0.25, -0.2) is 4.99 Å². The van der Waals surface area contributed by atoms with Crippen LogP contribution in [0.1, 0.15) is 16.7 Å². The van der Waals surface area contributed by atoms with Crippen LogP contribution in [0.25, 0.3) is 6.08 Å². The SMILES string of the molecule is O=C(C=Cc1ccc([N+](=O)[O-])cc1)N=C1N=C2C=CC(I)=CN2Cc2ccccc21. The molecule has 0 atom stereocenters. The lowest BCUT2D eigenvalue weighted by Crippen LogP contribution is -2.24. The summed E-state index contributed by atoms with van der Waals surface area (Å²) in [6.45, 7) is 0.637. The van der Waals surface area contributed by atoms with Crippen LogP contribution in [-0.2, 0) is 11.3 Å². The first-order valence-corrected chi connectivity index (χ1v) is 10.1. The number of benzene rings is 2. The van der Waals surface area contributed by atoms with E-state index in [1.165, 1.54) is 18.2 Å². The van der Waals surface area contributed by atoms with Crippen LogP contribution in [0.4, 0.5) is 5.69 Å². The molecule has 0 spiro atoms. The van der Waals surface area contributed by atoms with Gasteiger partial charge in [0, 0.05) is 40.1 Å². The second-order valence-corrected chi connectivity index (χ2v) is 7.80. The van der Waals surface area contributed by atoms with Crippen molar-refractivity contribution in [1.82, 2.24) is 4.90 Å². The highest BCUT2D eigenvalue weighted by Gasteiger charge is 2.21. The number of allylic oxidation sites excluding steroid dienone is 2. The summed E-state index contributed by atoms with van der Waals surface area (Å²) in [5.41, 5.74) is 2.51. The van der Waals surface area contributed by atoms with E-state index in [4.69, 9.17) is 0 Å². The Hall–Kier alpha value is -3.40. The highest BCUT2D eigenvalue weighted by Crippen LogP contribution is 2.24. The monoisotopic (exact) mass is 510 g/mol. The van der Waals surface area contributed by atoms with E-state index in [0.717, 1.165) is 20.5 Å². The number of nitro groups is 1. The Morgan fingerprint density at radius 3 is 2.70 bits per heavy atom. The summed E-state index contributed by atoms with van der Waals surface area (Å²) in [6, 6.07) is 13.7. The van der Waals surface area contributed by atoms with Crippen LogP contribution in [0.15, 0.2) is 86.5 Å². The van der Waals surface area contributed by atoms with E-state index in [2.05, 4.69) is 32.6 Å². The molecule has 0 N–H and O–H groups in total. The van der Waals surface area contributed by atoms with Gasteiger partial charge in [-0.1, -0.05) is 24.3 Å². The van der Waals surface area contributed by atoms with E-state index in [1.54, 1.807) is 18.2 Å². The summed E-state index contributed by atoms with van der Waals surface area (Å²) in [7, 11) is 0. The van der Waals surface area contributed by atoms with E-state index in [1.807, 2.05) is 47.5 Å². The van der Waals surface area contributed by atoms with Crippen LogP contribution in [0.3, 0.4) is 0 Å². The van der Waals surface area contributed by atoms with Crippen molar-refractivity contribution in [1.29, 1.82) is 0 Å². The number of aliphatic imine (C=N–C) groups is 2. The summed E-state index contributed by atoms with van der Waals surface area (Å²) < 4.78 is 1.09. The van der Waals surface area contributed by atoms with Crippen LogP contribution in [-0.4, -0.2) is 27.4 Å². The van der Waals surface area contributed by atoms with Crippen molar-refractivity contribution in [3.63, 3.8) is 0 Å². The number of hydrogen-bond donors (Lipinski definition) is 0. The molecule has 8 heteroatoms. The molecule has 2 aliphatic heterocycles. The van der Waals surface area contributed by atoms with Gasteiger partial charge in [-0.15, -0.1) is 0 Å². The quantitative estimate of drug-likeness (QED) is 0.261. The Balaban J connectivity index is 1.64. The van der Waals surface area contributed by atoms with Gasteiger partial charge < -0.3 is 4.90 Å². The number of hydrogen-bond acceptors (Lipinski definition) is 4. The fraction of sp³-hybridized carbons (Fsp3) is 0.0455. The summed E-state index contributed by atoms with van der Waals surface area (Å²) in [5, 5.41) is 10.7. The van der Waals surface area contributed by atoms with Crippen molar-refractivity contribution in [3.05, 3.63) is 103 Å². The first-order valence-electron chi connectivity index (χ1n) is 9.04. The normalized spacial score (nSPS) is 16.6. The molecule has 4 rings (SSSR count). The van der Waals surface area contributed by atoms with Gasteiger partial charge in [-0.05, 0) is 64.1 Å². The average Bonchev–Trinajstić information content (AvgIpc) is 2.88. The molecule has 0 bridgehead atoms. The predicted molar refractivity (Wildman–Crippen MR) is 124 cm³/mol. The molecule has 30 heavy (non-hydrogen) atoms.